The molecule has 0 aromatic heterocycles. The van der Waals surface area contributed by atoms with Gasteiger partial charge in [0.05, 0.1) is 4.92 Å². The van der Waals surface area contributed by atoms with E-state index < -0.39 is 10.7 Å². The lowest BCUT2D eigenvalue weighted by Crippen LogP contribution is -1.97. The molecule has 0 aliphatic heterocycles. The van der Waals surface area contributed by atoms with E-state index in [1.54, 1.807) is 29.5 Å². The molecule has 0 bridgehead atoms. The van der Waals surface area contributed by atoms with Crippen molar-refractivity contribution >= 4 is 28.3 Å². The van der Waals surface area contributed by atoms with E-state index in [0.717, 1.165) is 0 Å². The normalized spacial score (nSPS) is 9.92. The van der Waals surface area contributed by atoms with Gasteiger partial charge in [-0.25, -0.2) is 4.39 Å². The van der Waals surface area contributed by atoms with Crippen LogP contribution in [0.25, 0.3) is 0 Å². The monoisotopic (exact) mass is 281 g/mol. The van der Waals surface area contributed by atoms with Crippen molar-refractivity contribution < 1.29 is 9.31 Å². The third-order valence-electron chi connectivity index (χ3n) is 1.45. The second-order valence-electron chi connectivity index (χ2n) is 2.28. The fourth-order valence-electron chi connectivity index (χ4n) is 0.861. The highest BCUT2D eigenvalue weighted by molar-refractivity contribution is 14.1. The maximum atomic E-state index is 12.8. The average Bonchev–Trinajstić information content (AvgIpc) is 1.97. The van der Waals surface area contributed by atoms with Crippen molar-refractivity contribution in [1.29, 1.82) is 0 Å². The first-order valence-electron chi connectivity index (χ1n) is 3.13. The second kappa shape index (κ2) is 3.34. The van der Waals surface area contributed by atoms with Crippen molar-refractivity contribution in [2.24, 2.45) is 0 Å². The Balaban J connectivity index is 3.43. The summed E-state index contributed by atoms with van der Waals surface area (Å²) in [5, 5.41) is 10.4. The Morgan fingerprint density at radius 1 is 1.58 bits per heavy atom. The third kappa shape index (κ3) is 1.55. The molecule has 0 radical (unpaired) electrons. The second-order valence-corrected chi connectivity index (χ2v) is 3.36. The predicted molar refractivity (Wildman–Crippen MR) is 50.5 cm³/mol. The van der Waals surface area contributed by atoms with Gasteiger partial charge in [0.15, 0.2) is 0 Å². The van der Waals surface area contributed by atoms with Gasteiger partial charge in [-0.05, 0) is 41.6 Å². The number of hydrogen-bond acceptors (Lipinski definition) is 2. The molecule has 0 saturated heterocycles. The zero-order valence-electron chi connectivity index (χ0n) is 6.17. The van der Waals surface area contributed by atoms with Gasteiger partial charge in [-0.1, -0.05) is 0 Å². The SMILES string of the molecule is Cc1ccc(F)c(I)c1[N+](=O)[O-]. The van der Waals surface area contributed by atoms with Crippen LogP contribution in [0.4, 0.5) is 10.1 Å². The van der Waals surface area contributed by atoms with E-state index in [0.29, 0.717) is 5.56 Å². The zero-order chi connectivity index (χ0) is 9.30. The van der Waals surface area contributed by atoms with Crippen LogP contribution in [0.3, 0.4) is 0 Å². The number of halogens is 2. The molecule has 1 aromatic rings. The maximum absolute atomic E-state index is 12.8. The highest BCUT2D eigenvalue weighted by Crippen LogP contribution is 2.26. The van der Waals surface area contributed by atoms with Crippen LogP contribution >= 0.6 is 22.6 Å². The lowest BCUT2D eigenvalue weighted by atomic mass is 10.2. The summed E-state index contributed by atoms with van der Waals surface area (Å²) in [5.74, 6) is -0.548. The van der Waals surface area contributed by atoms with E-state index in [9.17, 15) is 14.5 Å². The highest BCUT2D eigenvalue weighted by Gasteiger charge is 2.18. The summed E-state index contributed by atoms with van der Waals surface area (Å²) >= 11 is 1.63. The fraction of sp³-hybridized carbons (Fsp3) is 0.143. The van der Waals surface area contributed by atoms with Gasteiger partial charge < -0.3 is 0 Å². The number of benzene rings is 1. The number of hydrogen-bond donors (Lipinski definition) is 0. The predicted octanol–water partition coefficient (Wildman–Crippen LogP) is 2.65. The van der Waals surface area contributed by atoms with Gasteiger partial charge in [0, 0.05) is 5.56 Å². The molecule has 3 nitrogen and oxygen atoms in total. The number of nitro benzene ring substituents is 1. The van der Waals surface area contributed by atoms with Crippen LogP contribution in [0.1, 0.15) is 5.56 Å². The molecule has 0 atom stereocenters. The molecule has 1 aromatic carbocycles. The Hall–Kier alpha value is -0.720. The van der Waals surface area contributed by atoms with Crippen molar-refractivity contribution in [3.05, 3.63) is 37.2 Å². The molecule has 0 heterocycles. The van der Waals surface area contributed by atoms with Crippen LogP contribution in [0, 0.1) is 26.4 Å². The van der Waals surface area contributed by atoms with E-state index in [-0.39, 0.29) is 9.26 Å². The van der Waals surface area contributed by atoms with Crippen LogP contribution in [0.5, 0.6) is 0 Å². The summed E-state index contributed by atoms with van der Waals surface area (Å²) in [5.41, 5.74) is 0.335. The molecule has 0 unspecified atom stereocenters. The first-order chi connectivity index (χ1) is 5.54. The number of nitro groups is 1. The molecule has 0 N–H and O–H groups in total. The van der Waals surface area contributed by atoms with E-state index in [1.807, 2.05) is 0 Å². The average molecular weight is 281 g/mol. The first kappa shape index (κ1) is 9.37. The minimum absolute atomic E-state index is 0.0672. The van der Waals surface area contributed by atoms with Crippen LogP contribution in [-0.4, -0.2) is 4.92 Å². The van der Waals surface area contributed by atoms with Crippen LogP contribution in [0.2, 0.25) is 0 Å². The summed E-state index contributed by atoms with van der Waals surface area (Å²) in [7, 11) is 0. The van der Waals surface area contributed by atoms with E-state index in [2.05, 4.69) is 0 Å². The first-order valence-corrected chi connectivity index (χ1v) is 4.21. The Bertz CT molecular complexity index is 340. The fourth-order valence-corrected chi connectivity index (χ4v) is 1.66. The minimum Gasteiger partial charge on any atom is -0.258 e. The summed E-state index contributed by atoms with van der Waals surface area (Å²) < 4.78 is 12.9. The molecule has 0 saturated carbocycles. The molecule has 0 amide bonds. The molecule has 1 rings (SSSR count). The molecular formula is C7H5FINO2. The highest BCUT2D eigenvalue weighted by atomic mass is 127. The molecule has 0 spiro atoms. The summed E-state index contributed by atoms with van der Waals surface area (Å²) in [6, 6.07) is 2.62. The van der Waals surface area contributed by atoms with Crippen LogP contribution < -0.4 is 0 Å². The van der Waals surface area contributed by atoms with Crippen molar-refractivity contribution in [2.45, 2.75) is 6.92 Å². The third-order valence-corrected chi connectivity index (χ3v) is 2.48. The molecular weight excluding hydrogens is 276 g/mol. The molecule has 0 fully saturated rings. The number of aryl methyl sites for hydroxylation is 1. The largest absolute Gasteiger partial charge is 0.288 e. The standard InChI is InChI=1S/C7H5FINO2/c1-4-2-3-5(8)6(9)7(4)10(11)12/h2-3H,1H3. The van der Waals surface area contributed by atoms with Gasteiger partial charge in [0.1, 0.15) is 9.39 Å². The van der Waals surface area contributed by atoms with Crippen molar-refractivity contribution in [1.82, 2.24) is 0 Å². The molecule has 12 heavy (non-hydrogen) atoms. The Kier molecular flexibility index (Phi) is 2.61. The van der Waals surface area contributed by atoms with Crippen LogP contribution in [-0.2, 0) is 0 Å². The summed E-state index contributed by atoms with van der Waals surface area (Å²) in [6.07, 6.45) is 0. The lowest BCUT2D eigenvalue weighted by molar-refractivity contribution is -0.386. The van der Waals surface area contributed by atoms with E-state index in [4.69, 9.17) is 0 Å². The van der Waals surface area contributed by atoms with Gasteiger partial charge in [-0.2, -0.15) is 0 Å². The maximum Gasteiger partial charge on any atom is 0.288 e. The number of nitrogens with zero attached hydrogens (tertiary/aromatic N) is 1. The molecule has 0 aliphatic carbocycles. The Morgan fingerprint density at radius 3 is 2.58 bits per heavy atom. The van der Waals surface area contributed by atoms with Crippen LogP contribution in [0.15, 0.2) is 12.1 Å². The van der Waals surface area contributed by atoms with Gasteiger partial charge in [0.2, 0.25) is 0 Å². The minimum atomic E-state index is -0.569. The molecule has 0 aliphatic rings. The molecule has 5 heteroatoms. The zero-order valence-corrected chi connectivity index (χ0v) is 8.33. The van der Waals surface area contributed by atoms with Gasteiger partial charge in [0.25, 0.3) is 5.69 Å². The van der Waals surface area contributed by atoms with Crippen molar-refractivity contribution in [3.8, 4) is 0 Å². The number of rotatable bonds is 1. The lowest BCUT2D eigenvalue weighted by Gasteiger charge is -1.99. The molecule has 64 valence electrons. The summed E-state index contributed by atoms with van der Waals surface area (Å²) in [4.78, 5) is 9.86. The quantitative estimate of drug-likeness (QED) is 0.451. The Labute approximate surface area is 81.9 Å². The van der Waals surface area contributed by atoms with Crippen molar-refractivity contribution in [3.63, 3.8) is 0 Å². The van der Waals surface area contributed by atoms with Gasteiger partial charge >= 0.3 is 0 Å². The Morgan fingerprint density at radius 2 is 2.17 bits per heavy atom. The van der Waals surface area contributed by atoms with Gasteiger partial charge in [-0.3, -0.25) is 10.1 Å². The van der Waals surface area contributed by atoms with Crippen molar-refractivity contribution in [2.75, 3.05) is 0 Å². The van der Waals surface area contributed by atoms with E-state index >= 15 is 0 Å². The van der Waals surface area contributed by atoms with Gasteiger partial charge in [-0.15, -0.1) is 0 Å². The topological polar surface area (TPSA) is 43.1 Å². The smallest absolute Gasteiger partial charge is 0.258 e. The summed E-state index contributed by atoms with van der Waals surface area (Å²) in [6.45, 7) is 1.58. The van der Waals surface area contributed by atoms with E-state index in [1.165, 1.54) is 12.1 Å².